The second-order valence-electron chi connectivity index (χ2n) is 12.5. The molecule has 1 aliphatic heterocycles. The van der Waals surface area contributed by atoms with Crippen LogP contribution in [0.15, 0.2) is 0 Å². The van der Waals surface area contributed by atoms with Crippen molar-refractivity contribution in [2.24, 2.45) is 52.3 Å². The Kier molecular flexibility index (Phi) is 6.13. The molecule has 0 spiro atoms. The number of amides is 1. The third-order valence-electron chi connectivity index (χ3n) is 10.7. The Labute approximate surface area is 180 Å². The number of hydrogen-bond acceptors (Lipinski definition) is 1. The molecule has 0 aromatic rings. The van der Waals surface area contributed by atoms with Gasteiger partial charge in [-0.05, 0) is 97.2 Å². The van der Waals surface area contributed by atoms with Gasteiger partial charge in [-0.1, -0.05) is 53.9 Å². The monoisotopic (exact) mass is 401 g/mol. The Hall–Kier alpha value is -0.530. The summed E-state index contributed by atoms with van der Waals surface area (Å²) in [5, 5.41) is 3.23. The van der Waals surface area contributed by atoms with Gasteiger partial charge in [-0.25, -0.2) is 0 Å². The van der Waals surface area contributed by atoms with Crippen LogP contribution in [-0.2, 0) is 4.79 Å². The van der Waals surface area contributed by atoms with Crippen molar-refractivity contribution in [1.29, 1.82) is 0 Å². The lowest BCUT2D eigenvalue weighted by atomic mass is 9.46. The Bertz CT molecular complexity index is 599. The third-order valence-corrected chi connectivity index (χ3v) is 10.7. The number of nitrogens with one attached hydrogen (secondary N) is 1. The molecular formula is C27H47NO. The zero-order chi connectivity index (χ0) is 20.8. The predicted molar refractivity (Wildman–Crippen MR) is 121 cm³/mol. The smallest absolute Gasteiger partial charge is 0.220 e. The Morgan fingerprint density at radius 3 is 2.45 bits per heavy atom. The van der Waals surface area contributed by atoms with Crippen LogP contribution in [0, 0.1) is 52.3 Å². The van der Waals surface area contributed by atoms with E-state index in [9.17, 15) is 4.79 Å². The predicted octanol–water partition coefficient (Wildman–Crippen LogP) is 6.83. The van der Waals surface area contributed by atoms with Crippen molar-refractivity contribution in [2.75, 3.05) is 6.54 Å². The summed E-state index contributed by atoms with van der Waals surface area (Å²) in [6, 6.07) is 0. The molecule has 29 heavy (non-hydrogen) atoms. The number of fused-ring (bicyclic) bond motifs is 5. The topological polar surface area (TPSA) is 29.1 Å². The molecule has 0 bridgehead atoms. The van der Waals surface area contributed by atoms with Crippen LogP contribution in [0.25, 0.3) is 0 Å². The first kappa shape index (κ1) is 21.7. The third kappa shape index (κ3) is 3.80. The summed E-state index contributed by atoms with van der Waals surface area (Å²) >= 11 is 0. The van der Waals surface area contributed by atoms with Crippen molar-refractivity contribution < 1.29 is 4.79 Å². The molecule has 166 valence electrons. The van der Waals surface area contributed by atoms with Crippen molar-refractivity contribution in [3.8, 4) is 0 Å². The van der Waals surface area contributed by atoms with E-state index in [0.717, 1.165) is 54.9 Å². The molecule has 4 fully saturated rings. The Morgan fingerprint density at radius 2 is 1.69 bits per heavy atom. The highest BCUT2D eigenvalue weighted by molar-refractivity contribution is 5.76. The van der Waals surface area contributed by atoms with Gasteiger partial charge >= 0.3 is 0 Å². The lowest BCUT2D eigenvalue weighted by Crippen LogP contribution is -2.53. The van der Waals surface area contributed by atoms with Crippen LogP contribution in [0.5, 0.6) is 0 Å². The van der Waals surface area contributed by atoms with Gasteiger partial charge in [0.05, 0.1) is 0 Å². The van der Waals surface area contributed by atoms with E-state index < -0.39 is 0 Å². The number of rotatable bonds is 5. The summed E-state index contributed by atoms with van der Waals surface area (Å²) in [5.74, 6) is 6.44. The van der Waals surface area contributed by atoms with Gasteiger partial charge in [0, 0.05) is 13.0 Å². The molecule has 2 heteroatoms. The molecule has 0 aromatic heterocycles. The van der Waals surface area contributed by atoms with Gasteiger partial charge in [0.2, 0.25) is 5.91 Å². The second kappa shape index (κ2) is 8.19. The minimum absolute atomic E-state index is 0.300. The van der Waals surface area contributed by atoms with Crippen molar-refractivity contribution in [3.63, 3.8) is 0 Å². The van der Waals surface area contributed by atoms with Gasteiger partial charge in [0.15, 0.2) is 0 Å². The van der Waals surface area contributed by atoms with Crippen LogP contribution in [0.2, 0.25) is 0 Å². The van der Waals surface area contributed by atoms with Crippen LogP contribution < -0.4 is 5.32 Å². The molecular weight excluding hydrogens is 354 g/mol. The molecule has 1 amide bonds. The van der Waals surface area contributed by atoms with E-state index in [1.165, 1.54) is 57.8 Å². The fraction of sp³-hybridized carbons (Fsp3) is 0.963. The SMILES string of the molecule is CC(C)CCC[C@@H](C)[C@H]1CC[C@H]2[C@@H]3CC[C@H]4CNC(=O)CC[C@]4(C)[C@H]3CC[C@]12C. The first-order valence-corrected chi connectivity index (χ1v) is 13.0. The largest absolute Gasteiger partial charge is 0.356 e. The van der Waals surface area contributed by atoms with E-state index in [4.69, 9.17) is 0 Å². The first-order valence-electron chi connectivity index (χ1n) is 13.0. The summed E-state index contributed by atoms with van der Waals surface area (Å²) in [6.45, 7) is 13.5. The zero-order valence-corrected chi connectivity index (χ0v) is 19.9. The molecule has 1 heterocycles. The van der Waals surface area contributed by atoms with E-state index in [1.807, 2.05) is 0 Å². The summed E-state index contributed by atoms with van der Waals surface area (Å²) in [6.07, 6.45) is 14.7. The summed E-state index contributed by atoms with van der Waals surface area (Å²) < 4.78 is 0. The number of hydrogen-bond donors (Lipinski definition) is 1. The van der Waals surface area contributed by atoms with E-state index in [0.29, 0.717) is 22.7 Å². The van der Waals surface area contributed by atoms with Crippen molar-refractivity contribution in [2.45, 2.75) is 105 Å². The van der Waals surface area contributed by atoms with Crippen LogP contribution in [0.4, 0.5) is 0 Å². The molecule has 1 N–H and O–H groups in total. The maximum atomic E-state index is 12.1. The molecule has 3 saturated carbocycles. The molecule has 1 saturated heterocycles. The van der Waals surface area contributed by atoms with Gasteiger partial charge in [0.1, 0.15) is 0 Å². The minimum Gasteiger partial charge on any atom is -0.356 e. The maximum Gasteiger partial charge on any atom is 0.220 e. The molecule has 3 aliphatic carbocycles. The average Bonchev–Trinajstić information content (AvgIpc) is 2.94. The van der Waals surface area contributed by atoms with Crippen LogP contribution in [-0.4, -0.2) is 12.5 Å². The standard InChI is InChI=1S/C27H47NO/c1-18(2)7-6-8-19(3)22-11-12-23-21-10-9-20-17-28-25(29)14-16-26(20,4)24(21)13-15-27(22,23)5/h18-24H,6-17H2,1-5H3,(H,28,29)/t19-,20+,21+,22-,23+,24+,26+,27-/m1/s1. The van der Waals surface area contributed by atoms with Gasteiger partial charge < -0.3 is 5.32 Å². The maximum absolute atomic E-state index is 12.1. The fourth-order valence-electron chi connectivity index (χ4n) is 8.99. The Morgan fingerprint density at radius 1 is 0.931 bits per heavy atom. The first-order chi connectivity index (χ1) is 13.8. The lowest BCUT2D eigenvalue weighted by Gasteiger charge is -2.59. The highest BCUT2D eigenvalue weighted by Gasteiger charge is 2.60. The van der Waals surface area contributed by atoms with E-state index in [-0.39, 0.29) is 0 Å². The summed E-state index contributed by atoms with van der Waals surface area (Å²) in [5.41, 5.74) is 0.977. The Balaban J connectivity index is 1.48. The zero-order valence-electron chi connectivity index (χ0n) is 19.9. The summed E-state index contributed by atoms with van der Waals surface area (Å²) in [7, 11) is 0. The van der Waals surface area contributed by atoms with Gasteiger partial charge in [-0.15, -0.1) is 0 Å². The van der Waals surface area contributed by atoms with Crippen molar-refractivity contribution in [1.82, 2.24) is 5.32 Å². The van der Waals surface area contributed by atoms with Crippen molar-refractivity contribution >= 4 is 5.91 Å². The fourth-order valence-corrected chi connectivity index (χ4v) is 8.99. The number of carbonyl (C=O) groups excluding carboxylic acids is 1. The minimum atomic E-state index is 0.300. The molecule has 0 radical (unpaired) electrons. The van der Waals surface area contributed by atoms with Crippen LogP contribution in [0.3, 0.4) is 0 Å². The van der Waals surface area contributed by atoms with Crippen molar-refractivity contribution in [3.05, 3.63) is 0 Å². The van der Waals surface area contributed by atoms with Gasteiger partial charge in [-0.2, -0.15) is 0 Å². The highest BCUT2D eigenvalue weighted by Crippen LogP contribution is 2.67. The van der Waals surface area contributed by atoms with E-state index >= 15 is 0 Å². The van der Waals surface area contributed by atoms with Crippen LogP contribution in [0.1, 0.15) is 105 Å². The second-order valence-corrected chi connectivity index (χ2v) is 12.5. The van der Waals surface area contributed by atoms with Crippen LogP contribution >= 0.6 is 0 Å². The molecule has 4 aliphatic rings. The average molecular weight is 402 g/mol. The number of carbonyl (C=O) groups is 1. The molecule has 0 aromatic carbocycles. The molecule has 8 atom stereocenters. The van der Waals surface area contributed by atoms with Gasteiger partial charge in [-0.3, -0.25) is 4.79 Å². The normalized spacial score (nSPS) is 45.7. The lowest BCUT2D eigenvalue weighted by molar-refractivity contribution is -0.121. The van der Waals surface area contributed by atoms with Gasteiger partial charge in [0.25, 0.3) is 0 Å². The summed E-state index contributed by atoms with van der Waals surface area (Å²) in [4.78, 5) is 12.1. The molecule has 2 nitrogen and oxygen atoms in total. The quantitative estimate of drug-likeness (QED) is 0.537. The molecule has 4 rings (SSSR count). The van der Waals surface area contributed by atoms with E-state index in [2.05, 4.69) is 39.9 Å². The van der Waals surface area contributed by atoms with E-state index in [1.54, 1.807) is 0 Å². The highest BCUT2D eigenvalue weighted by atomic mass is 16.1. The molecule has 0 unspecified atom stereocenters.